The van der Waals surface area contributed by atoms with Crippen LogP contribution in [0.1, 0.15) is 31.5 Å². The van der Waals surface area contributed by atoms with Crippen molar-refractivity contribution in [2.75, 3.05) is 0 Å². The highest BCUT2D eigenvalue weighted by molar-refractivity contribution is 7.09. The summed E-state index contributed by atoms with van der Waals surface area (Å²) in [7, 11) is 0. The third kappa shape index (κ3) is 5.01. The molecule has 0 aliphatic heterocycles. The van der Waals surface area contributed by atoms with E-state index in [9.17, 15) is 0 Å². The van der Waals surface area contributed by atoms with Crippen molar-refractivity contribution in [3.63, 3.8) is 0 Å². The van der Waals surface area contributed by atoms with E-state index >= 15 is 0 Å². The first-order valence-corrected chi connectivity index (χ1v) is 7.27. The summed E-state index contributed by atoms with van der Waals surface area (Å²) in [6.07, 6.45) is 0. The number of nitrogens with one attached hydrogen (secondary N) is 1. The molecule has 0 radical (unpaired) electrons. The summed E-state index contributed by atoms with van der Waals surface area (Å²) in [6.45, 7) is 7.79. The van der Waals surface area contributed by atoms with Crippen LogP contribution in [-0.2, 0) is 13.2 Å². The lowest BCUT2D eigenvalue weighted by Gasteiger charge is -2.19. The molecule has 0 unspecified atom stereocenters. The van der Waals surface area contributed by atoms with E-state index in [0.29, 0.717) is 6.61 Å². The first-order chi connectivity index (χ1) is 9.03. The summed E-state index contributed by atoms with van der Waals surface area (Å²) < 4.78 is 5.67. The van der Waals surface area contributed by atoms with Gasteiger partial charge in [-0.05, 0) is 32.9 Å². The normalized spacial score (nSPS) is 11.5. The molecule has 19 heavy (non-hydrogen) atoms. The molecule has 1 heterocycles. The van der Waals surface area contributed by atoms with Crippen molar-refractivity contribution in [2.45, 2.75) is 39.5 Å². The maximum Gasteiger partial charge on any atom is 0.131 e. The van der Waals surface area contributed by atoms with Gasteiger partial charge in [0, 0.05) is 17.5 Å². The Labute approximate surface area is 118 Å². The van der Waals surface area contributed by atoms with E-state index < -0.39 is 0 Å². The van der Waals surface area contributed by atoms with Gasteiger partial charge >= 0.3 is 0 Å². The van der Waals surface area contributed by atoms with Crippen LogP contribution in [0.4, 0.5) is 0 Å². The SMILES string of the molecule is CC(C)(C)NCc1nc(COc2ccccc2)cs1. The van der Waals surface area contributed by atoms with Crippen molar-refractivity contribution in [1.82, 2.24) is 10.3 Å². The number of ether oxygens (including phenoxy) is 1. The average molecular weight is 276 g/mol. The van der Waals surface area contributed by atoms with E-state index in [4.69, 9.17) is 4.74 Å². The van der Waals surface area contributed by atoms with E-state index in [0.717, 1.165) is 23.0 Å². The van der Waals surface area contributed by atoms with E-state index in [-0.39, 0.29) is 5.54 Å². The van der Waals surface area contributed by atoms with Crippen LogP contribution in [0.25, 0.3) is 0 Å². The molecule has 0 aliphatic carbocycles. The topological polar surface area (TPSA) is 34.2 Å². The molecule has 0 aliphatic rings. The first-order valence-electron chi connectivity index (χ1n) is 6.39. The van der Waals surface area contributed by atoms with Gasteiger partial charge in [-0.3, -0.25) is 0 Å². The number of aromatic nitrogens is 1. The number of hydrogen-bond acceptors (Lipinski definition) is 4. The van der Waals surface area contributed by atoms with Gasteiger partial charge in [-0.15, -0.1) is 11.3 Å². The minimum absolute atomic E-state index is 0.117. The minimum atomic E-state index is 0.117. The third-order valence-electron chi connectivity index (χ3n) is 2.50. The lowest BCUT2D eigenvalue weighted by molar-refractivity contribution is 0.301. The predicted octanol–water partition coefficient (Wildman–Crippen LogP) is 3.61. The molecule has 0 amide bonds. The standard InChI is InChI=1S/C15H20N2OS/c1-15(2,3)16-9-14-17-12(11-19-14)10-18-13-7-5-4-6-8-13/h4-8,11,16H,9-10H2,1-3H3. The van der Waals surface area contributed by atoms with Crippen molar-refractivity contribution >= 4 is 11.3 Å². The summed E-state index contributed by atoms with van der Waals surface area (Å²) in [5.41, 5.74) is 1.10. The van der Waals surface area contributed by atoms with Crippen LogP contribution in [0.15, 0.2) is 35.7 Å². The highest BCUT2D eigenvalue weighted by Crippen LogP contribution is 2.15. The van der Waals surface area contributed by atoms with Crippen LogP contribution in [0, 0.1) is 0 Å². The van der Waals surface area contributed by atoms with Gasteiger partial charge in [0.1, 0.15) is 17.4 Å². The molecule has 1 aromatic carbocycles. The molecule has 0 saturated carbocycles. The Morgan fingerprint density at radius 3 is 2.63 bits per heavy atom. The molecule has 3 nitrogen and oxygen atoms in total. The van der Waals surface area contributed by atoms with Crippen LogP contribution in [0.5, 0.6) is 5.75 Å². The number of nitrogens with zero attached hydrogens (tertiary/aromatic N) is 1. The molecule has 0 atom stereocenters. The zero-order chi connectivity index (χ0) is 13.7. The number of para-hydroxylation sites is 1. The molecule has 1 N–H and O–H groups in total. The van der Waals surface area contributed by atoms with Gasteiger partial charge in [0.2, 0.25) is 0 Å². The second-order valence-electron chi connectivity index (χ2n) is 5.44. The van der Waals surface area contributed by atoms with Crippen molar-refractivity contribution < 1.29 is 4.74 Å². The zero-order valence-corrected chi connectivity index (χ0v) is 12.5. The molecular weight excluding hydrogens is 256 g/mol. The number of hydrogen-bond donors (Lipinski definition) is 1. The lowest BCUT2D eigenvalue weighted by Crippen LogP contribution is -2.35. The quantitative estimate of drug-likeness (QED) is 0.906. The number of benzene rings is 1. The minimum Gasteiger partial charge on any atom is -0.487 e. The molecule has 0 fully saturated rings. The zero-order valence-electron chi connectivity index (χ0n) is 11.6. The summed E-state index contributed by atoms with van der Waals surface area (Å²) in [4.78, 5) is 4.56. The fourth-order valence-corrected chi connectivity index (χ4v) is 2.23. The fraction of sp³-hybridized carbons (Fsp3) is 0.400. The summed E-state index contributed by atoms with van der Waals surface area (Å²) in [5.74, 6) is 0.880. The van der Waals surface area contributed by atoms with Gasteiger partial charge in [-0.25, -0.2) is 4.98 Å². The maximum absolute atomic E-state index is 5.67. The molecule has 4 heteroatoms. The van der Waals surface area contributed by atoms with E-state index in [1.54, 1.807) is 11.3 Å². The first kappa shape index (κ1) is 14.0. The summed E-state index contributed by atoms with van der Waals surface area (Å²) in [5, 5.41) is 6.59. The van der Waals surface area contributed by atoms with Gasteiger partial charge in [-0.1, -0.05) is 18.2 Å². The molecule has 2 aromatic rings. The van der Waals surface area contributed by atoms with Gasteiger partial charge < -0.3 is 10.1 Å². The number of rotatable bonds is 5. The maximum atomic E-state index is 5.67. The van der Waals surface area contributed by atoms with Crippen LogP contribution >= 0.6 is 11.3 Å². The molecule has 2 rings (SSSR count). The second-order valence-corrected chi connectivity index (χ2v) is 6.38. The summed E-state index contributed by atoms with van der Waals surface area (Å²) >= 11 is 1.67. The van der Waals surface area contributed by atoms with Crippen molar-refractivity contribution in [3.05, 3.63) is 46.4 Å². The van der Waals surface area contributed by atoms with Crippen LogP contribution in [0.3, 0.4) is 0 Å². The Bertz CT molecular complexity index is 502. The molecule has 0 spiro atoms. The highest BCUT2D eigenvalue weighted by Gasteiger charge is 2.10. The van der Waals surface area contributed by atoms with Crippen LogP contribution in [-0.4, -0.2) is 10.5 Å². The molecule has 1 aromatic heterocycles. The van der Waals surface area contributed by atoms with Crippen molar-refractivity contribution in [1.29, 1.82) is 0 Å². The van der Waals surface area contributed by atoms with Gasteiger partial charge in [0.25, 0.3) is 0 Å². The van der Waals surface area contributed by atoms with Gasteiger partial charge in [0.15, 0.2) is 0 Å². The molecule has 102 valence electrons. The number of thiazole rings is 1. The third-order valence-corrected chi connectivity index (χ3v) is 3.40. The van der Waals surface area contributed by atoms with Gasteiger partial charge in [-0.2, -0.15) is 0 Å². The molecule has 0 bridgehead atoms. The Kier molecular flexibility index (Phi) is 4.56. The fourth-order valence-electron chi connectivity index (χ4n) is 1.51. The lowest BCUT2D eigenvalue weighted by atomic mass is 10.1. The van der Waals surface area contributed by atoms with E-state index in [1.807, 2.05) is 30.3 Å². The monoisotopic (exact) mass is 276 g/mol. The highest BCUT2D eigenvalue weighted by atomic mass is 32.1. The van der Waals surface area contributed by atoms with Crippen molar-refractivity contribution in [3.8, 4) is 5.75 Å². The Balaban J connectivity index is 1.84. The van der Waals surface area contributed by atoms with Crippen molar-refractivity contribution in [2.24, 2.45) is 0 Å². The molecule has 0 saturated heterocycles. The van der Waals surface area contributed by atoms with Crippen LogP contribution in [0.2, 0.25) is 0 Å². The van der Waals surface area contributed by atoms with Gasteiger partial charge in [0.05, 0.1) is 5.69 Å². The summed E-state index contributed by atoms with van der Waals surface area (Å²) in [6, 6.07) is 9.82. The largest absolute Gasteiger partial charge is 0.487 e. The average Bonchev–Trinajstić information content (AvgIpc) is 2.82. The Morgan fingerprint density at radius 1 is 1.21 bits per heavy atom. The predicted molar refractivity (Wildman–Crippen MR) is 79.5 cm³/mol. The van der Waals surface area contributed by atoms with E-state index in [1.165, 1.54) is 0 Å². The molecular formula is C15H20N2OS. The second kappa shape index (κ2) is 6.17. The Hall–Kier alpha value is -1.39. The Morgan fingerprint density at radius 2 is 1.95 bits per heavy atom. The van der Waals surface area contributed by atoms with Crippen LogP contribution < -0.4 is 10.1 Å². The van der Waals surface area contributed by atoms with E-state index in [2.05, 4.69) is 36.5 Å². The smallest absolute Gasteiger partial charge is 0.131 e.